The van der Waals surface area contributed by atoms with Gasteiger partial charge in [-0.1, -0.05) is 19.1 Å². The second kappa shape index (κ2) is 7.36. The Morgan fingerprint density at radius 3 is 2.33 bits per heavy atom. The van der Waals surface area contributed by atoms with E-state index in [1.807, 2.05) is 32.0 Å². The number of amides is 1. The number of para-hydroxylation sites is 1. The van der Waals surface area contributed by atoms with Crippen molar-refractivity contribution in [3.63, 3.8) is 0 Å². The van der Waals surface area contributed by atoms with Gasteiger partial charge in [-0.25, -0.2) is 13.1 Å². The summed E-state index contributed by atoms with van der Waals surface area (Å²) in [6.45, 7) is 5.46. The second-order valence-corrected chi connectivity index (χ2v) is 8.49. The van der Waals surface area contributed by atoms with Crippen molar-refractivity contribution < 1.29 is 13.2 Å². The third-order valence-corrected chi connectivity index (χ3v) is 6.02. The molecule has 0 bridgehead atoms. The Morgan fingerprint density at radius 2 is 1.74 bits per heavy atom. The molecule has 1 N–H and O–H groups in total. The quantitative estimate of drug-likeness (QED) is 0.731. The average molecular weight is 383 g/mol. The van der Waals surface area contributed by atoms with E-state index in [1.165, 1.54) is 6.07 Å². The van der Waals surface area contributed by atoms with Crippen molar-refractivity contribution in [3.8, 4) is 5.69 Å². The molecule has 3 aromatic rings. The van der Waals surface area contributed by atoms with Crippen molar-refractivity contribution in [3.05, 3.63) is 71.5 Å². The molecule has 0 unspecified atom stereocenters. The van der Waals surface area contributed by atoms with E-state index in [0.29, 0.717) is 5.56 Å². The zero-order chi connectivity index (χ0) is 19.6. The van der Waals surface area contributed by atoms with Crippen LogP contribution in [-0.4, -0.2) is 29.9 Å². The molecule has 7 heteroatoms. The Kier molecular flexibility index (Phi) is 5.14. The van der Waals surface area contributed by atoms with Gasteiger partial charge in [0.05, 0.1) is 27.7 Å². The molecule has 6 nitrogen and oxygen atoms in total. The molecule has 0 aliphatic heterocycles. The van der Waals surface area contributed by atoms with Crippen LogP contribution in [0.4, 0.5) is 5.69 Å². The lowest BCUT2D eigenvalue weighted by Gasteiger charge is -2.11. The number of rotatable bonds is 5. The van der Waals surface area contributed by atoms with Gasteiger partial charge in [0, 0.05) is 11.3 Å². The van der Waals surface area contributed by atoms with E-state index < -0.39 is 9.84 Å². The van der Waals surface area contributed by atoms with Gasteiger partial charge in [-0.2, -0.15) is 5.10 Å². The maximum Gasteiger partial charge on any atom is 0.255 e. The fraction of sp³-hybridized carbons (Fsp3) is 0.200. The lowest BCUT2D eigenvalue weighted by molar-refractivity contribution is 0.102. The summed E-state index contributed by atoms with van der Waals surface area (Å²) in [4.78, 5) is 12.7. The Bertz CT molecular complexity index is 1080. The van der Waals surface area contributed by atoms with E-state index in [1.54, 1.807) is 41.9 Å². The Labute approximate surface area is 158 Å². The van der Waals surface area contributed by atoms with Crippen LogP contribution in [0, 0.1) is 13.8 Å². The predicted molar refractivity (Wildman–Crippen MR) is 105 cm³/mol. The van der Waals surface area contributed by atoms with Crippen LogP contribution in [-0.2, 0) is 9.84 Å². The molecule has 27 heavy (non-hydrogen) atoms. The minimum atomic E-state index is -3.43. The molecule has 1 amide bonds. The van der Waals surface area contributed by atoms with Gasteiger partial charge in [0.2, 0.25) is 0 Å². The van der Waals surface area contributed by atoms with E-state index in [9.17, 15) is 13.2 Å². The van der Waals surface area contributed by atoms with Gasteiger partial charge in [-0.05, 0) is 56.3 Å². The van der Waals surface area contributed by atoms with Crippen molar-refractivity contribution in [1.82, 2.24) is 9.78 Å². The van der Waals surface area contributed by atoms with Crippen LogP contribution in [0.15, 0.2) is 59.5 Å². The first-order chi connectivity index (χ1) is 12.8. The second-order valence-electron chi connectivity index (χ2n) is 6.24. The number of aromatic nitrogens is 2. The van der Waals surface area contributed by atoms with E-state index in [4.69, 9.17) is 0 Å². The zero-order valence-electron chi connectivity index (χ0n) is 15.4. The van der Waals surface area contributed by atoms with Gasteiger partial charge in [-0.15, -0.1) is 0 Å². The van der Waals surface area contributed by atoms with E-state index in [-0.39, 0.29) is 22.2 Å². The number of anilines is 1. The van der Waals surface area contributed by atoms with E-state index in [0.717, 1.165) is 17.1 Å². The van der Waals surface area contributed by atoms with Crippen molar-refractivity contribution >= 4 is 21.4 Å². The van der Waals surface area contributed by atoms with Crippen molar-refractivity contribution in [2.75, 3.05) is 11.1 Å². The van der Waals surface area contributed by atoms with Gasteiger partial charge < -0.3 is 5.32 Å². The van der Waals surface area contributed by atoms with E-state index in [2.05, 4.69) is 10.4 Å². The number of hydrogen-bond donors (Lipinski definition) is 1. The number of nitrogens with one attached hydrogen (secondary N) is 1. The number of carbonyl (C=O) groups is 1. The van der Waals surface area contributed by atoms with Crippen LogP contribution in [0.2, 0.25) is 0 Å². The minimum Gasteiger partial charge on any atom is -0.321 e. The highest BCUT2D eigenvalue weighted by molar-refractivity contribution is 7.91. The molecule has 0 spiro atoms. The summed E-state index contributed by atoms with van der Waals surface area (Å²) in [6, 6.07) is 15.4. The smallest absolute Gasteiger partial charge is 0.255 e. The molecule has 3 rings (SSSR count). The fourth-order valence-electron chi connectivity index (χ4n) is 2.84. The Balaban J connectivity index is 1.85. The molecule has 0 radical (unpaired) electrons. The summed E-state index contributed by atoms with van der Waals surface area (Å²) in [5.74, 6) is -0.398. The number of benzene rings is 2. The molecule has 140 valence electrons. The lowest BCUT2D eigenvalue weighted by atomic mass is 10.2. The molecular weight excluding hydrogens is 362 g/mol. The van der Waals surface area contributed by atoms with Crippen LogP contribution in [0.5, 0.6) is 0 Å². The monoisotopic (exact) mass is 383 g/mol. The number of carbonyl (C=O) groups excluding carboxylic acids is 1. The molecule has 1 heterocycles. The Hall–Kier alpha value is -2.93. The molecule has 0 aliphatic rings. The molecule has 0 saturated heterocycles. The standard InChI is InChI=1S/C20H21N3O3S/c1-4-27(25,26)19-8-6-5-7-18(19)21-20(24)16-9-11-17(12-10-16)23-15(3)13-14(2)22-23/h5-13H,4H2,1-3H3,(H,21,24). The first-order valence-electron chi connectivity index (χ1n) is 8.58. The molecular formula is C20H21N3O3S. The fourth-order valence-corrected chi connectivity index (χ4v) is 3.89. The summed E-state index contributed by atoms with van der Waals surface area (Å²) >= 11 is 0. The van der Waals surface area contributed by atoms with Crippen LogP contribution < -0.4 is 5.32 Å². The third kappa shape index (κ3) is 3.93. The highest BCUT2D eigenvalue weighted by atomic mass is 32.2. The Morgan fingerprint density at radius 1 is 1.07 bits per heavy atom. The highest BCUT2D eigenvalue weighted by Crippen LogP contribution is 2.23. The SMILES string of the molecule is CCS(=O)(=O)c1ccccc1NC(=O)c1ccc(-n2nc(C)cc2C)cc1. The predicted octanol–water partition coefficient (Wildman–Crippen LogP) is 3.54. The van der Waals surface area contributed by atoms with Crippen molar-refractivity contribution in [2.24, 2.45) is 0 Å². The lowest BCUT2D eigenvalue weighted by Crippen LogP contribution is -2.15. The first kappa shape index (κ1) is 18.8. The molecule has 2 aromatic carbocycles. The topological polar surface area (TPSA) is 81.1 Å². The molecule has 1 aromatic heterocycles. The number of sulfone groups is 1. The van der Waals surface area contributed by atoms with Crippen LogP contribution >= 0.6 is 0 Å². The normalized spacial score (nSPS) is 11.4. The minimum absolute atomic E-state index is 0.0305. The van der Waals surface area contributed by atoms with Gasteiger partial charge in [0.25, 0.3) is 5.91 Å². The maximum atomic E-state index is 12.6. The van der Waals surface area contributed by atoms with Crippen molar-refractivity contribution in [1.29, 1.82) is 0 Å². The number of nitrogens with zero attached hydrogens (tertiary/aromatic N) is 2. The van der Waals surface area contributed by atoms with Gasteiger partial charge in [0.1, 0.15) is 0 Å². The van der Waals surface area contributed by atoms with Gasteiger partial charge >= 0.3 is 0 Å². The van der Waals surface area contributed by atoms with Crippen LogP contribution in [0.25, 0.3) is 5.69 Å². The third-order valence-electron chi connectivity index (χ3n) is 4.23. The zero-order valence-corrected chi connectivity index (χ0v) is 16.2. The largest absolute Gasteiger partial charge is 0.321 e. The summed E-state index contributed by atoms with van der Waals surface area (Å²) in [5.41, 5.74) is 3.49. The molecule has 0 aliphatic carbocycles. The summed E-state index contributed by atoms with van der Waals surface area (Å²) in [7, 11) is -3.43. The number of aryl methyl sites for hydroxylation is 2. The summed E-state index contributed by atoms with van der Waals surface area (Å²) in [6.07, 6.45) is 0. The van der Waals surface area contributed by atoms with Gasteiger partial charge in [0.15, 0.2) is 9.84 Å². The molecule has 0 saturated carbocycles. The number of hydrogen-bond acceptors (Lipinski definition) is 4. The highest BCUT2D eigenvalue weighted by Gasteiger charge is 2.18. The van der Waals surface area contributed by atoms with Crippen LogP contribution in [0.1, 0.15) is 28.7 Å². The maximum absolute atomic E-state index is 12.6. The summed E-state index contributed by atoms with van der Waals surface area (Å²) < 4.78 is 26.2. The average Bonchev–Trinajstić information content (AvgIpc) is 3.00. The first-order valence-corrected chi connectivity index (χ1v) is 10.2. The van der Waals surface area contributed by atoms with Crippen LogP contribution in [0.3, 0.4) is 0 Å². The van der Waals surface area contributed by atoms with E-state index >= 15 is 0 Å². The summed E-state index contributed by atoms with van der Waals surface area (Å²) in [5, 5.41) is 7.12. The van der Waals surface area contributed by atoms with Gasteiger partial charge in [-0.3, -0.25) is 4.79 Å². The molecule has 0 fully saturated rings. The molecule has 0 atom stereocenters. The van der Waals surface area contributed by atoms with Crippen molar-refractivity contribution in [2.45, 2.75) is 25.7 Å².